The summed E-state index contributed by atoms with van der Waals surface area (Å²) in [6.45, 7) is -0.224. The van der Waals surface area contributed by atoms with E-state index in [1.165, 1.54) is 0 Å². The maximum absolute atomic E-state index is 12.5. The molecule has 0 spiro atoms. The second-order valence-electron chi connectivity index (χ2n) is 7.51. The Labute approximate surface area is 136 Å². The lowest BCUT2D eigenvalue weighted by molar-refractivity contribution is -0.938. The summed E-state index contributed by atoms with van der Waals surface area (Å²) >= 11 is 0. The van der Waals surface area contributed by atoms with Gasteiger partial charge in [-0.15, -0.1) is 0 Å². The Kier molecular flexibility index (Phi) is 3.48. The summed E-state index contributed by atoms with van der Waals surface area (Å²) in [4.78, 5) is 12.5. The van der Waals surface area contributed by atoms with Gasteiger partial charge in [0, 0.05) is 12.8 Å². The number of hydrogen-bond acceptors (Lipinski definition) is 4. The quantitative estimate of drug-likeness (QED) is 0.512. The summed E-state index contributed by atoms with van der Waals surface area (Å²) in [5, 5.41) is 9.60. The van der Waals surface area contributed by atoms with Crippen LogP contribution in [0, 0.1) is 0 Å². The largest absolute Gasteiger partial charge is 0.461 e. The van der Waals surface area contributed by atoms with Gasteiger partial charge in [0.2, 0.25) is 0 Å². The fourth-order valence-corrected chi connectivity index (χ4v) is 4.55. The van der Waals surface area contributed by atoms with Crippen LogP contribution in [0.5, 0.6) is 0 Å². The molecule has 0 saturated carbocycles. The van der Waals surface area contributed by atoms with Gasteiger partial charge in [-0.05, 0) is 5.56 Å². The van der Waals surface area contributed by atoms with Crippen LogP contribution in [0.3, 0.4) is 0 Å². The summed E-state index contributed by atoms with van der Waals surface area (Å²) in [6.07, 6.45) is 2.34. The monoisotopic (exact) mass is 318 g/mol. The molecule has 0 radical (unpaired) electrons. The smallest absolute Gasteiger partial charge is 0.316 e. The predicted molar refractivity (Wildman–Crippen MR) is 83.7 cm³/mol. The van der Waals surface area contributed by atoms with Crippen LogP contribution in [0.15, 0.2) is 30.3 Å². The highest BCUT2D eigenvalue weighted by Gasteiger charge is 2.70. The molecule has 3 saturated heterocycles. The van der Waals surface area contributed by atoms with Crippen molar-refractivity contribution < 1.29 is 23.9 Å². The van der Waals surface area contributed by atoms with Crippen molar-refractivity contribution in [2.75, 3.05) is 20.7 Å². The molecule has 0 unspecified atom stereocenters. The second kappa shape index (κ2) is 5.30. The molecule has 3 fully saturated rings. The van der Waals surface area contributed by atoms with Gasteiger partial charge in [0.25, 0.3) is 0 Å². The average molecular weight is 318 g/mol. The fourth-order valence-electron chi connectivity index (χ4n) is 4.55. The normalized spacial score (nSPS) is 37.8. The van der Waals surface area contributed by atoms with E-state index >= 15 is 0 Å². The van der Waals surface area contributed by atoms with Gasteiger partial charge in [0.15, 0.2) is 0 Å². The van der Waals surface area contributed by atoms with Gasteiger partial charge < -0.3 is 19.1 Å². The number of benzene rings is 1. The molecule has 23 heavy (non-hydrogen) atoms. The molecule has 3 aliphatic heterocycles. The highest BCUT2D eigenvalue weighted by Crippen LogP contribution is 2.51. The lowest BCUT2D eigenvalue weighted by Crippen LogP contribution is -2.60. The lowest BCUT2D eigenvalue weighted by Gasteiger charge is -2.45. The van der Waals surface area contributed by atoms with Crippen molar-refractivity contribution in [1.29, 1.82) is 0 Å². The van der Waals surface area contributed by atoms with Crippen LogP contribution in [0.25, 0.3) is 0 Å². The Morgan fingerprint density at radius 1 is 1.26 bits per heavy atom. The molecule has 1 N–H and O–H groups in total. The summed E-state index contributed by atoms with van der Waals surface area (Å²) in [5.74, 6) is -0.908. The third-order valence-electron chi connectivity index (χ3n) is 5.99. The number of aliphatic hydroxyl groups excluding tert-OH is 1. The zero-order chi connectivity index (χ0) is 16.2. The summed E-state index contributed by atoms with van der Waals surface area (Å²) in [7, 11) is 4.51. The van der Waals surface area contributed by atoms with E-state index in [9.17, 15) is 9.90 Å². The van der Waals surface area contributed by atoms with Crippen LogP contribution in [0.4, 0.5) is 0 Å². The Bertz CT molecular complexity index is 582. The fraction of sp³-hybridized carbons (Fsp3) is 0.611. The zero-order valence-electron chi connectivity index (χ0n) is 13.6. The van der Waals surface area contributed by atoms with Crippen LogP contribution < -0.4 is 0 Å². The van der Waals surface area contributed by atoms with Crippen molar-refractivity contribution in [3.63, 3.8) is 0 Å². The Hall–Kier alpha value is -1.43. The van der Waals surface area contributed by atoms with Gasteiger partial charge in [0.1, 0.15) is 36.3 Å². The minimum absolute atomic E-state index is 0.0576. The predicted octanol–water partition coefficient (Wildman–Crippen LogP) is 1.06. The van der Waals surface area contributed by atoms with E-state index < -0.39 is 5.92 Å². The third kappa shape index (κ3) is 2.38. The van der Waals surface area contributed by atoms with E-state index in [4.69, 9.17) is 9.47 Å². The van der Waals surface area contributed by atoms with Gasteiger partial charge in [-0.1, -0.05) is 30.3 Å². The number of fused-ring (bicyclic) bond motifs is 5. The molecule has 3 heterocycles. The Morgan fingerprint density at radius 3 is 2.43 bits per heavy atom. The SMILES string of the molecule is C[N+]1(C)[C@H]2CC(OC(=O)[C@@H](CO)c3ccccc3)C[C@H]1[C@H]1O[C@@H]12. The Balaban J connectivity index is 1.44. The van der Waals surface area contributed by atoms with E-state index in [0.29, 0.717) is 24.3 Å². The number of likely N-dealkylation sites (N-methyl/N-ethyl adjacent to an activating group) is 1. The minimum Gasteiger partial charge on any atom is -0.461 e. The van der Waals surface area contributed by atoms with E-state index in [2.05, 4.69) is 14.1 Å². The standard InChI is InChI=1S/C18H24NO4/c1-19(2)14-8-12(9-15(19)17-16(14)23-17)22-18(21)13(10-20)11-6-4-3-5-7-11/h3-7,12-17,20H,8-10H2,1-2H3/q+1/t13-,14-,15-,16+,17+/m0/s1. The van der Waals surface area contributed by atoms with E-state index in [1.807, 2.05) is 30.3 Å². The number of esters is 1. The maximum Gasteiger partial charge on any atom is 0.316 e. The number of aliphatic hydroxyl groups is 1. The third-order valence-corrected chi connectivity index (χ3v) is 5.99. The van der Waals surface area contributed by atoms with E-state index in [0.717, 1.165) is 22.9 Å². The first-order valence-electron chi connectivity index (χ1n) is 8.37. The van der Waals surface area contributed by atoms with Crippen LogP contribution in [0.1, 0.15) is 24.3 Å². The van der Waals surface area contributed by atoms with Crippen molar-refractivity contribution in [1.82, 2.24) is 0 Å². The number of carbonyl (C=O) groups excluding carboxylic acids is 1. The molecule has 0 aliphatic carbocycles. The van der Waals surface area contributed by atoms with E-state index in [1.54, 1.807) is 0 Å². The lowest BCUT2D eigenvalue weighted by atomic mass is 9.95. The maximum atomic E-state index is 12.5. The van der Waals surface area contributed by atoms with Crippen molar-refractivity contribution in [3.05, 3.63) is 35.9 Å². The van der Waals surface area contributed by atoms with Gasteiger partial charge in [-0.25, -0.2) is 0 Å². The van der Waals surface area contributed by atoms with Gasteiger partial charge in [-0.2, -0.15) is 0 Å². The van der Waals surface area contributed by atoms with Gasteiger partial charge >= 0.3 is 5.97 Å². The van der Waals surface area contributed by atoms with Crippen molar-refractivity contribution in [3.8, 4) is 0 Å². The van der Waals surface area contributed by atoms with Crippen LogP contribution >= 0.6 is 0 Å². The molecule has 0 aromatic heterocycles. The molecule has 3 aliphatic rings. The zero-order valence-corrected chi connectivity index (χ0v) is 13.6. The van der Waals surface area contributed by atoms with Gasteiger partial charge in [-0.3, -0.25) is 4.79 Å². The number of ether oxygens (including phenoxy) is 2. The molecule has 4 rings (SSSR count). The first-order valence-corrected chi connectivity index (χ1v) is 8.37. The molecule has 5 heteroatoms. The Morgan fingerprint density at radius 2 is 1.87 bits per heavy atom. The first-order chi connectivity index (χ1) is 11.0. The number of rotatable bonds is 4. The van der Waals surface area contributed by atoms with E-state index in [-0.39, 0.29) is 18.7 Å². The number of morpholine rings is 1. The highest BCUT2D eigenvalue weighted by molar-refractivity contribution is 5.78. The number of piperidine rings is 1. The number of quaternary nitrogens is 1. The summed E-state index contributed by atoms with van der Waals surface area (Å²) < 4.78 is 12.5. The summed E-state index contributed by atoms with van der Waals surface area (Å²) in [6, 6.07) is 10.2. The number of epoxide rings is 1. The molecule has 5 nitrogen and oxygen atoms in total. The molecule has 1 aromatic carbocycles. The summed E-state index contributed by atoms with van der Waals surface area (Å²) in [5.41, 5.74) is 0.807. The van der Waals surface area contributed by atoms with Crippen molar-refractivity contribution >= 4 is 5.97 Å². The van der Waals surface area contributed by atoms with Gasteiger partial charge in [0.05, 0.1) is 20.7 Å². The molecule has 1 aromatic rings. The molecule has 124 valence electrons. The number of nitrogens with zero attached hydrogens (tertiary/aromatic N) is 1. The van der Waals surface area contributed by atoms with Crippen LogP contribution in [-0.4, -0.2) is 66.7 Å². The first kappa shape index (κ1) is 15.1. The van der Waals surface area contributed by atoms with Crippen LogP contribution in [0.2, 0.25) is 0 Å². The second-order valence-corrected chi connectivity index (χ2v) is 7.51. The number of hydrogen-bond donors (Lipinski definition) is 1. The molecular weight excluding hydrogens is 294 g/mol. The minimum atomic E-state index is -0.593. The average Bonchev–Trinajstić information content (AvgIpc) is 3.27. The highest BCUT2D eigenvalue weighted by atomic mass is 16.6. The molecule has 0 amide bonds. The molecule has 5 atom stereocenters. The van der Waals surface area contributed by atoms with Crippen molar-refractivity contribution in [2.24, 2.45) is 0 Å². The molecule has 2 bridgehead atoms. The van der Waals surface area contributed by atoms with Crippen molar-refractivity contribution in [2.45, 2.75) is 49.2 Å². The molecular formula is C18H24NO4+. The van der Waals surface area contributed by atoms with Crippen LogP contribution in [-0.2, 0) is 14.3 Å². The number of carbonyl (C=O) groups is 1. The topological polar surface area (TPSA) is 59.1 Å².